The lowest BCUT2D eigenvalue weighted by Gasteiger charge is -1.84. The van der Waals surface area contributed by atoms with Crippen LogP contribution in [0.1, 0.15) is 5.56 Å². The first-order valence-corrected chi connectivity index (χ1v) is 5.57. The van der Waals surface area contributed by atoms with Crippen LogP contribution in [0.3, 0.4) is 0 Å². The van der Waals surface area contributed by atoms with Gasteiger partial charge in [0.05, 0.1) is 9.95 Å². The van der Waals surface area contributed by atoms with E-state index in [1.165, 1.54) is 11.3 Å². The molecule has 0 aliphatic heterocycles. The maximum atomic E-state index is 10.2. The SMILES string of the molecule is O=P(=O)Cc1ccsc1Br. The minimum atomic E-state index is -2.29. The van der Waals surface area contributed by atoms with Crippen LogP contribution in [0, 0.1) is 0 Å². The van der Waals surface area contributed by atoms with E-state index in [2.05, 4.69) is 15.9 Å². The van der Waals surface area contributed by atoms with Gasteiger partial charge in [-0.1, -0.05) is 0 Å². The summed E-state index contributed by atoms with van der Waals surface area (Å²) < 4.78 is 21.4. The first-order valence-electron chi connectivity index (χ1n) is 2.54. The van der Waals surface area contributed by atoms with Gasteiger partial charge in [0.1, 0.15) is 0 Å². The highest BCUT2D eigenvalue weighted by Crippen LogP contribution is 2.27. The van der Waals surface area contributed by atoms with Crippen LogP contribution < -0.4 is 0 Å². The topological polar surface area (TPSA) is 34.1 Å². The Bertz CT molecular complexity index is 284. The summed E-state index contributed by atoms with van der Waals surface area (Å²) in [6, 6.07) is 1.81. The minimum absolute atomic E-state index is 0.138. The number of hydrogen-bond donors (Lipinski definition) is 0. The van der Waals surface area contributed by atoms with Gasteiger partial charge in [-0.15, -0.1) is 11.3 Å². The third kappa shape index (κ3) is 2.04. The molecule has 0 aliphatic carbocycles. The van der Waals surface area contributed by atoms with Crippen molar-refractivity contribution in [2.75, 3.05) is 0 Å². The quantitative estimate of drug-likeness (QED) is 0.742. The van der Waals surface area contributed by atoms with E-state index in [-0.39, 0.29) is 6.16 Å². The van der Waals surface area contributed by atoms with Crippen LogP contribution in [-0.4, -0.2) is 0 Å². The second kappa shape index (κ2) is 3.46. The van der Waals surface area contributed by atoms with Gasteiger partial charge in [0, 0.05) is 0 Å². The van der Waals surface area contributed by atoms with Gasteiger partial charge in [0.15, 0.2) is 0 Å². The normalized spacial score (nSPS) is 9.70. The van der Waals surface area contributed by atoms with Crippen molar-refractivity contribution >= 4 is 34.9 Å². The molecule has 0 saturated carbocycles. The second-order valence-electron chi connectivity index (χ2n) is 1.71. The zero-order chi connectivity index (χ0) is 7.56. The molecule has 5 heteroatoms. The Balaban J connectivity index is 2.84. The predicted molar refractivity (Wildman–Crippen MR) is 44.0 cm³/mol. The van der Waals surface area contributed by atoms with Gasteiger partial charge in [-0.2, -0.15) is 0 Å². The van der Waals surface area contributed by atoms with E-state index in [0.717, 1.165) is 9.35 Å². The monoisotopic (exact) mass is 238 g/mol. The third-order valence-electron chi connectivity index (χ3n) is 0.993. The highest BCUT2D eigenvalue weighted by atomic mass is 79.9. The van der Waals surface area contributed by atoms with Crippen LogP contribution in [0.2, 0.25) is 0 Å². The van der Waals surface area contributed by atoms with Crippen LogP contribution >= 0.6 is 34.9 Å². The molecule has 0 spiro atoms. The molecule has 0 saturated heterocycles. The molecule has 0 amide bonds. The van der Waals surface area contributed by atoms with Gasteiger partial charge < -0.3 is 0 Å². The van der Waals surface area contributed by atoms with Gasteiger partial charge in [0.25, 0.3) is 0 Å². The first kappa shape index (κ1) is 8.18. The van der Waals surface area contributed by atoms with Crippen LogP contribution in [0.15, 0.2) is 15.2 Å². The van der Waals surface area contributed by atoms with E-state index >= 15 is 0 Å². The molecule has 0 atom stereocenters. The fraction of sp³-hybridized carbons (Fsp3) is 0.200. The molecule has 0 aromatic carbocycles. The molecule has 0 N–H and O–H groups in total. The summed E-state index contributed by atoms with van der Waals surface area (Å²) in [4.78, 5) is 0. The molecule has 0 radical (unpaired) electrons. The van der Waals surface area contributed by atoms with E-state index in [4.69, 9.17) is 0 Å². The van der Waals surface area contributed by atoms with Crippen molar-refractivity contribution in [3.05, 3.63) is 20.8 Å². The third-order valence-corrected chi connectivity index (χ3v) is 3.40. The minimum Gasteiger partial charge on any atom is -0.237 e. The Labute approximate surface area is 71.2 Å². The zero-order valence-electron chi connectivity index (χ0n) is 4.91. The Morgan fingerprint density at radius 3 is 2.70 bits per heavy atom. The van der Waals surface area contributed by atoms with Gasteiger partial charge in [-0.05, 0) is 32.9 Å². The predicted octanol–water partition coefficient (Wildman–Crippen LogP) is 3.18. The molecule has 10 heavy (non-hydrogen) atoms. The lowest BCUT2D eigenvalue weighted by molar-refractivity contribution is 0.514. The molecule has 1 rings (SSSR count). The van der Waals surface area contributed by atoms with Crippen molar-refractivity contribution in [2.24, 2.45) is 0 Å². The number of thiophene rings is 1. The largest absolute Gasteiger partial charge is 0.320 e. The summed E-state index contributed by atoms with van der Waals surface area (Å²) in [5, 5.41) is 1.86. The molecule has 54 valence electrons. The molecule has 1 heterocycles. The Hall–Kier alpha value is 0.0800. The lowest BCUT2D eigenvalue weighted by Crippen LogP contribution is -1.69. The Morgan fingerprint density at radius 2 is 2.30 bits per heavy atom. The number of hydrogen-bond acceptors (Lipinski definition) is 3. The molecular weight excluding hydrogens is 235 g/mol. The van der Waals surface area contributed by atoms with Crippen molar-refractivity contribution in [1.29, 1.82) is 0 Å². The summed E-state index contributed by atoms with van der Waals surface area (Å²) in [7, 11) is -2.29. The van der Waals surface area contributed by atoms with Gasteiger partial charge >= 0.3 is 7.68 Å². The molecule has 0 unspecified atom stereocenters. The van der Waals surface area contributed by atoms with Crippen molar-refractivity contribution in [2.45, 2.75) is 6.16 Å². The molecule has 0 aliphatic rings. The van der Waals surface area contributed by atoms with E-state index in [0.29, 0.717) is 0 Å². The van der Waals surface area contributed by atoms with E-state index < -0.39 is 7.68 Å². The highest BCUT2D eigenvalue weighted by molar-refractivity contribution is 9.11. The van der Waals surface area contributed by atoms with Crippen LogP contribution in [0.5, 0.6) is 0 Å². The van der Waals surface area contributed by atoms with E-state index in [1.54, 1.807) is 6.07 Å². The summed E-state index contributed by atoms with van der Waals surface area (Å²) >= 11 is 4.74. The van der Waals surface area contributed by atoms with E-state index in [1.807, 2.05) is 5.38 Å². The van der Waals surface area contributed by atoms with Crippen LogP contribution in [0.25, 0.3) is 0 Å². The molecule has 1 aromatic rings. The Kier molecular flexibility index (Phi) is 2.83. The van der Waals surface area contributed by atoms with Crippen molar-refractivity contribution in [3.8, 4) is 0 Å². The average molecular weight is 239 g/mol. The second-order valence-corrected chi connectivity index (χ2v) is 4.93. The van der Waals surface area contributed by atoms with E-state index in [9.17, 15) is 9.13 Å². The lowest BCUT2D eigenvalue weighted by atomic mass is 10.4. The molecule has 2 nitrogen and oxygen atoms in total. The van der Waals surface area contributed by atoms with Gasteiger partial charge in [0.2, 0.25) is 0 Å². The number of rotatable bonds is 2. The maximum Gasteiger partial charge on any atom is 0.320 e. The van der Waals surface area contributed by atoms with Gasteiger partial charge in [-0.3, -0.25) is 0 Å². The maximum absolute atomic E-state index is 10.2. The average Bonchev–Trinajstić information content (AvgIpc) is 2.15. The van der Waals surface area contributed by atoms with Crippen molar-refractivity contribution in [3.63, 3.8) is 0 Å². The highest BCUT2D eigenvalue weighted by Gasteiger charge is 2.02. The first-order chi connectivity index (χ1) is 4.70. The fourth-order valence-electron chi connectivity index (χ4n) is 0.571. The summed E-state index contributed by atoms with van der Waals surface area (Å²) in [6.45, 7) is 0. The van der Waals surface area contributed by atoms with Crippen LogP contribution in [0.4, 0.5) is 0 Å². The summed E-state index contributed by atoms with van der Waals surface area (Å²) in [5.74, 6) is 0. The smallest absolute Gasteiger partial charge is 0.237 e. The van der Waals surface area contributed by atoms with Crippen molar-refractivity contribution in [1.82, 2.24) is 0 Å². The zero-order valence-corrected chi connectivity index (χ0v) is 8.21. The number of halogens is 1. The molecule has 0 bridgehead atoms. The molecular formula is C5H4BrO2PS. The standard InChI is InChI=1S/C5H4BrO2PS/c6-5-4(1-2-10-5)3-9(7)8/h1-2H,3H2. The molecule has 1 aromatic heterocycles. The van der Waals surface area contributed by atoms with Crippen LogP contribution in [-0.2, 0) is 15.3 Å². The summed E-state index contributed by atoms with van der Waals surface area (Å²) in [6.07, 6.45) is 0.138. The molecule has 0 fully saturated rings. The van der Waals surface area contributed by atoms with Crippen molar-refractivity contribution < 1.29 is 9.13 Å². The van der Waals surface area contributed by atoms with Gasteiger partial charge in [-0.25, -0.2) is 9.13 Å². The Morgan fingerprint density at radius 1 is 1.60 bits per heavy atom. The fourth-order valence-corrected chi connectivity index (χ4v) is 2.68. The summed E-state index contributed by atoms with van der Waals surface area (Å²) in [5.41, 5.74) is 0.848.